The van der Waals surface area contributed by atoms with Crippen LogP contribution in [0.25, 0.3) is 0 Å². The summed E-state index contributed by atoms with van der Waals surface area (Å²) in [6, 6.07) is 0. The Bertz CT molecular complexity index is 139. The van der Waals surface area contributed by atoms with Gasteiger partial charge in [0.05, 0.1) is 0 Å². The molecular weight excluding hydrogens is 179 g/mol. The average Bonchev–Trinajstić information content (AvgIpc) is 1.85. The zero-order chi connectivity index (χ0) is 9.78. The number of rotatable bonds is 4. The molecule has 2 unspecified atom stereocenters. The van der Waals surface area contributed by atoms with Crippen molar-refractivity contribution >= 4 is 0 Å². The van der Waals surface area contributed by atoms with Gasteiger partial charge in [-0.25, -0.2) is 8.78 Å². The van der Waals surface area contributed by atoms with Crippen molar-refractivity contribution in [2.75, 3.05) is 0 Å². The Balaban J connectivity index is 3.83. The second-order valence-corrected chi connectivity index (χ2v) is 2.37. The van der Waals surface area contributed by atoms with E-state index in [1.54, 1.807) is 0 Å². The van der Waals surface area contributed by atoms with Gasteiger partial charge in [0.15, 0.2) is 6.17 Å². The number of alkyl halides is 5. The zero-order valence-corrected chi connectivity index (χ0v) is 6.24. The fourth-order valence-corrected chi connectivity index (χ4v) is 0.635. The molecule has 2 atom stereocenters. The number of hydrogen-bond acceptors (Lipinski definition) is 0. The van der Waals surface area contributed by atoms with Gasteiger partial charge in [-0.15, -0.1) is 6.58 Å². The first-order valence-corrected chi connectivity index (χ1v) is 3.33. The molecule has 0 fully saturated rings. The van der Waals surface area contributed by atoms with Crippen molar-refractivity contribution in [1.82, 2.24) is 0 Å². The molecule has 12 heavy (non-hydrogen) atoms. The molecule has 0 radical (unpaired) electrons. The largest absolute Gasteiger partial charge is 0.419 e. The Labute approximate surface area is 67.1 Å². The molecule has 0 rings (SSSR count). The molecule has 0 amide bonds. The van der Waals surface area contributed by atoms with E-state index in [-0.39, 0.29) is 6.42 Å². The summed E-state index contributed by atoms with van der Waals surface area (Å²) in [5.41, 5.74) is 0. The molecule has 0 heterocycles. The summed E-state index contributed by atoms with van der Waals surface area (Å²) in [5, 5.41) is 0. The van der Waals surface area contributed by atoms with Gasteiger partial charge >= 0.3 is 6.18 Å². The van der Waals surface area contributed by atoms with Crippen LogP contribution in [0.15, 0.2) is 12.7 Å². The van der Waals surface area contributed by atoms with Gasteiger partial charge < -0.3 is 0 Å². The molecule has 0 nitrogen and oxygen atoms in total. The Morgan fingerprint density at radius 1 is 1.25 bits per heavy atom. The van der Waals surface area contributed by atoms with Crippen LogP contribution in [0, 0.1) is 0 Å². The molecule has 72 valence electrons. The maximum atomic E-state index is 12.4. The Kier molecular flexibility index (Phi) is 4.20. The smallest absolute Gasteiger partial charge is 0.247 e. The highest BCUT2D eigenvalue weighted by molar-refractivity contribution is 4.77. The molecule has 0 saturated carbocycles. The molecule has 0 aromatic heterocycles. The summed E-state index contributed by atoms with van der Waals surface area (Å²) in [5.74, 6) is 0. The van der Waals surface area contributed by atoms with E-state index in [1.807, 2.05) is 0 Å². The highest BCUT2D eigenvalue weighted by Crippen LogP contribution is 2.27. The fourth-order valence-electron chi connectivity index (χ4n) is 0.635. The fraction of sp³-hybridized carbons (Fsp3) is 0.714. The van der Waals surface area contributed by atoms with Crippen LogP contribution < -0.4 is 0 Å². The zero-order valence-electron chi connectivity index (χ0n) is 6.24. The van der Waals surface area contributed by atoms with Crippen molar-refractivity contribution in [3.05, 3.63) is 12.7 Å². The molecule has 0 aliphatic heterocycles. The van der Waals surface area contributed by atoms with Gasteiger partial charge in [0.25, 0.3) is 0 Å². The first-order valence-electron chi connectivity index (χ1n) is 3.33. The number of halogens is 5. The van der Waals surface area contributed by atoms with Crippen LogP contribution in [-0.2, 0) is 0 Å². The standard InChI is InChI=1S/C7H9F5/c1-2-3-5(8)4-6(9)7(10,11)12/h2,5-6H,1,3-4H2. The van der Waals surface area contributed by atoms with Crippen LogP contribution in [0.1, 0.15) is 12.8 Å². The molecule has 0 aliphatic carbocycles. The van der Waals surface area contributed by atoms with E-state index in [4.69, 9.17) is 0 Å². The molecular formula is C7H9F5. The van der Waals surface area contributed by atoms with Crippen LogP contribution in [-0.4, -0.2) is 18.5 Å². The van der Waals surface area contributed by atoms with Crippen LogP contribution in [0.4, 0.5) is 22.0 Å². The van der Waals surface area contributed by atoms with Crippen LogP contribution in [0.3, 0.4) is 0 Å². The molecule has 0 saturated heterocycles. The lowest BCUT2D eigenvalue weighted by Crippen LogP contribution is -2.27. The van der Waals surface area contributed by atoms with Crippen molar-refractivity contribution in [2.24, 2.45) is 0 Å². The highest BCUT2D eigenvalue weighted by atomic mass is 19.4. The van der Waals surface area contributed by atoms with Crippen molar-refractivity contribution < 1.29 is 22.0 Å². The van der Waals surface area contributed by atoms with E-state index in [0.29, 0.717) is 0 Å². The van der Waals surface area contributed by atoms with Crippen molar-refractivity contribution in [1.29, 1.82) is 0 Å². The van der Waals surface area contributed by atoms with Gasteiger partial charge in [-0.1, -0.05) is 6.08 Å². The topological polar surface area (TPSA) is 0 Å². The van der Waals surface area contributed by atoms with Crippen LogP contribution in [0.5, 0.6) is 0 Å². The van der Waals surface area contributed by atoms with Gasteiger partial charge in [-0.05, 0) is 6.42 Å². The third kappa shape index (κ3) is 4.31. The summed E-state index contributed by atoms with van der Waals surface area (Å²) in [7, 11) is 0. The Morgan fingerprint density at radius 2 is 1.75 bits per heavy atom. The minimum atomic E-state index is -4.95. The minimum absolute atomic E-state index is 0.253. The van der Waals surface area contributed by atoms with Crippen LogP contribution in [0.2, 0.25) is 0 Å². The quantitative estimate of drug-likeness (QED) is 0.469. The highest BCUT2D eigenvalue weighted by Gasteiger charge is 2.41. The van der Waals surface area contributed by atoms with Gasteiger partial charge in [0.2, 0.25) is 0 Å². The van der Waals surface area contributed by atoms with Gasteiger partial charge in [-0.2, -0.15) is 13.2 Å². The van der Waals surface area contributed by atoms with E-state index in [2.05, 4.69) is 6.58 Å². The second-order valence-electron chi connectivity index (χ2n) is 2.37. The van der Waals surface area contributed by atoms with Gasteiger partial charge in [0.1, 0.15) is 6.17 Å². The Hall–Kier alpha value is -0.610. The molecule has 0 aromatic rings. The molecule has 0 N–H and O–H groups in total. The van der Waals surface area contributed by atoms with E-state index in [1.165, 1.54) is 0 Å². The molecule has 0 aliphatic rings. The molecule has 5 heteroatoms. The monoisotopic (exact) mass is 188 g/mol. The summed E-state index contributed by atoms with van der Waals surface area (Å²) < 4.78 is 58.9. The normalized spacial score (nSPS) is 17.1. The SMILES string of the molecule is C=CCC(F)CC(F)C(F)(F)F. The van der Waals surface area contributed by atoms with E-state index in [0.717, 1.165) is 6.08 Å². The second kappa shape index (κ2) is 4.42. The predicted octanol–water partition coefficient (Wildman–Crippen LogP) is 3.19. The van der Waals surface area contributed by atoms with Crippen molar-refractivity contribution in [3.63, 3.8) is 0 Å². The van der Waals surface area contributed by atoms with E-state index in [9.17, 15) is 22.0 Å². The van der Waals surface area contributed by atoms with Gasteiger partial charge in [-0.3, -0.25) is 0 Å². The third-order valence-electron chi connectivity index (χ3n) is 1.24. The lowest BCUT2D eigenvalue weighted by atomic mass is 10.1. The van der Waals surface area contributed by atoms with E-state index >= 15 is 0 Å². The van der Waals surface area contributed by atoms with Crippen LogP contribution >= 0.6 is 0 Å². The maximum absolute atomic E-state index is 12.4. The third-order valence-corrected chi connectivity index (χ3v) is 1.24. The summed E-state index contributed by atoms with van der Waals surface area (Å²) in [6.45, 7) is 3.13. The minimum Gasteiger partial charge on any atom is -0.247 e. The Morgan fingerprint density at radius 3 is 2.08 bits per heavy atom. The first kappa shape index (κ1) is 11.4. The van der Waals surface area contributed by atoms with Crippen molar-refractivity contribution in [3.8, 4) is 0 Å². The molecule has 0 aromatic carbocycles. The molecule has 0 spiro atoms. The number of hydrogen-bond donors (Lipinski definition) is 0. The van der Waals surface area contributed by atoms with Gasteiger partial charge in [0, 0.05) is 6.42 Å². The number of allylic oxidation sites excluding steroid dienone is 1. The first-order chi connectivity index (χ1) is 5.38. The lowest BCUT2D eigenvalue weighted by molar-refractivity contribution is -0.185. The summed E-state index contributed by atoms with van der Waals surface area (Å²) >= 11 is 0. The maximum Gasteiger partial charge on any atom is 0.419 e. The summed E-state index contributed by atoms with van der Waals surface area (Å²) in [6.07, 6.45) is -10.1. The predicted molar refractivity (Wildman–Crippen MR) is 35.3 cm³/mol. The van der Waals surface area contributed by atoms with Crippen molar-refractivity contribution in [2.45, 2.75) is 31.4 Å². The molecule has 0 bridgehead atoms. The summed E-state index contributed by atoms with van der Waals surface area (Å²) in [4.78, 5) is 0. The average molecular weight is 188 g/mol. The van der Waals surface area contributed by atoms with E-state index < -0.39 is 24.9 Å². The lowest BCUT2D eigenvalue weighted by Gasteiger charge is -2.13.